The predicted octanol–water partition coefficient (Wildman–Crippen LogP) is 5.07. The highest BCUT2D eigenvalue weighted by atomic mass is 32.2. The zero-order chi connectivity index (χ0) is 45.0. The number of carbonyl (C=O) groups is 8. The lowest BCUT2D eigenvalue weighted by Crippen LogP contribution is -2.15. The van der Waals surface area contributed by atoms with E-state index in [1.165, 1.54) is 0 Å². The summed E-state index contributed by atoms with van der Waals surface area (Å²) in [6, 6.07) is 0. The normalized spacial score (nSPS) is 10.8. The van der Waals surface area contributed by atoms with E-state index in [2.05, 4.69) is 0 Å². The lowest BCUT2D eigenvalue weighted by atomic mass is 10.2. The van der Waals surface area contributed by atoms with Crippen LogP contribution in [-0.4, -0.2) is 144 Å². The Morgan fingerprint density at radius 3 is 1.05 bits per heavy atom. The van der Waals surface area contributed by atoms with Crippen molar-refractivity contribution in [2.75, 3.05) is 97.6 Å². The maximum atomic E-state index is 12.0. The summed E-state index contributed by atoms with van der Waals surface area (Å²) in [7, 11) is 0. The van der Waals surface area contributed by atoms with Crippen LogP contribution in [0.2, 0.25) is 0 Å². The second kappa shape index (κ2) is 43.4. The lowest BCUT2D eigenvalue weighted by molar-refractivity contribution is -0.145. The van der Waals surface area contributed by atoms with E-state index in [9.17, 15) is 38.4 Å². The van der Waals surface area contributed by atoms with Crippen molar-refractivity contribution in [2.24, 2.45) is 0 Å². The molecule has 0 aromatic heterocycles. The topological polar surface area (TPSA) is 229 Å². The van der Waals surface area contributed by atoms with Gasteiger partial charge < -0.3 is 47.4 Å². The molecular formula is C41H68O18S2. The van der Waals surface area contributed by atoms with Gasteiger partial charge in [0.15, 0.2) is 10.2 Å². The van der Waals surface area contributed by atoms with Crippen LogP contribution in [0.1, 0.15) is 117 Å². The van der Waals surface area contributed by atoms with Crippen LogP contribution in [0.4, 0.5) is 0 Å². The molecule has 18 nitrogen and oxygen atoms in total. The van der Waals surface area contributed by atoms with E-state index in [1.807, 2.05) is 0 Å². The maximum Gasteiger partial charge on any atom is 0.306 e. The van der Waals surface area contributed by atoms with Crippen LogP contribution in [0.5, 0.6) is 0 Å². The van der Waals surface area contributed by atoms with Gasteiger partial charge in [-0.1, -0.05) is 23.5 Å². The van der Waals surface area contributed by atoms with E-state index in [-0.39, 0.29) is 157 Å². The molecule has 0 bridgehead atoms. The van der Waals surface area contributed by atoms with Crippen molar-refractivity contribution in [1.82, 2.24) is 0 Å². The van der Waals surface area contributed by atoms with E-state index in [0.29, 0.717) is 64.6 Å². The van der Waals surface area contributed by atoms with Gasteiger partial charge in [-0.2, -0.15) is 0 Å². The monoisotopic (exact) mass is 912 g/mol. The largest absolute Gasteiger partial charge is 0.466 e. The molecule has 61 heavy (non-hydrogen) atoms. The van der Waals surface area contributed by atoms with Gasteiger partial charge in [0, 0.05) is 50.0 Å². The summed E-state index contributed by atoms with van der Waals surface area (Å²) in [5.74, 6) is -1.51. The van der Waals surface area contributed by atoms with Gasteiger partial charge in [0.1, 0.15) is 20.0 Å². The van der Waals surface area contributed by atoms with Gasteiger partial charge in [-0.3, -0.25) is 38.4 Å². The molecule has 20 heteroatoms. The second-order valence-electron chi connectivity index (χ2n) is 12.9. The molecule has 0 aliphatic heterocycles. The molecule has 0 fully saturated rings. The minimum atomic E-state index is -0.442. The molecule has 0 aliphatic carbocycles. The zero-order valence-electron chi connectivity index (χ0n) is 36.1. The summed E-state index contributed by atoms with van der Waals surface area (Å²) in [5, 5.41) is -0.225. The fourth-order valence-corrected chi connectivity index (χ4v) is 6.23. The van der Waals surface area contributed by atoms with Crippen LogP contribution in [0, 0.1) is 0 Å². The van der Waals surface area contributed by atoms with E-state index < -0.39 is 11.9 Å². The standard InChI is InChI=1S/C41H68O18S2/c1-3-54-34(42)13-7-5-9-21-56-36(44)15-11-17-40(48)60-31-19-38(46)58-29-27-50-23-25-52-33-53-26-24-51-28-30-59-39(47)20-32-61-41(49)18-12-16-37(45)57-22-10-6-8-14-35(43)55-4-2/h3-33H2,1-2H3. The Hall–Kier alpha value is -3.30. The van der Waals surface area contributed by atoms with Gasteiger partial charge in [-0.05, 0) is 65.2 Å². The Morgan fingerprint density at radius 2 is 0.639 bits per heavy atom. The van der Waals surface area contributed by atoms with E-state index >= 15 is 0 Å². The van der Waals surface area contributed by atoms with E-state index in [1.54, 1.807) is 13.8 Å². The molecule has 0 unspecified atom stereocenters. The third-order valence-corrected chi connectivity index (χ3v) is 9.61. The Balaban J connectivity index is 3.47. The number of esters is 6. The first-order valence-electron chi connectivity index (χ1n) is 21.1. The van der Waals surface area contributed by atoms with Crippen molar-refractivity contribution < 1.29 is 85.7 Å². The molecule has 0 atom stereocenters. The number of rotatable bonds is 42. The third kappa shape index (κ3) is 43.2. The molecule has 0 radical (unpaired) electrons. The number of hydrogen-bond acceptors (Lipinski definition) is 20. The van der Waals surface area contributed by atoms with Crippen LogP contribution in [-0.2, 0) is 85.7 Å². The Bertz CT molecular complexity index is 1130. The molecule has 0 spiro atoms. The molecule has 0 aliphatic rings. The molecule has 0 aromatic carbocycles. The van der Waals surface area contributed by atoms with E-state index in [0.717, 1.165) is 36.4 Å². The number of ether oxygens (including phenoxy) is 10. The lowest BCUT2D eigenvalue weighted by Gasteiger charge is -2.08. The minimum absolute atomic E-state index is 0.0273. The smallest absolute Gasteiger partial charge is 0.306 e. The van der Waals surface area contributed by atoms with Gasteiger partial charge in [-0.25, -0.2) is 0 Å². The molecule has 0 saturated carbocycles. The van der Waals surface area contributed by atoms with Gasteiger partial charge in [0.05, 0.1) is 78.9 Å². The summed E-state index contributed by atoms with van der Waals surface area (Å²) in [4.78, 5) is 93.9. The number of carbonyl (C=O) groups excluding carboxylic acids is 8. The van der Waals surface area contributed by atoms with Crippen LogP contribution in [0.25, 0.3) is 0 Å². The Labute approximate surface area is 368 Å². The Kier molecular flexibility index (Phi) is 41.0. The molecule has 0 rings (SSSR count). The quantitative estimate of drug-likeness (QED) is 0.0337. The molecule has 0 amide bonds. The first kappa shape index (κ1) is 57.7. The highest BCUT2D eigenvalue weighted by Gasteiger charge is 2.12. The Morgan fingerprint density at radius 1 is 0.311 bits per heavy atom. The van der Waals surface area contributed by atoms with Crippen molar-refractivity contribution in [2.45, 2.75) is 117 Å². The van der Waals surface area contributed by atoms with Crippen molar-refractivity contribution in [3.63, 3.8) is 0 Å². The third-order valence-electron chi connectivity index (χ3n) is 7.74. The summed E-state index contributed by atoms with van der Waals surface area (Å²) in [5.41, 5.74) is 0. The van der Waals surface area contributed by atoms with Gasteiger partial charge in [0.25, 0.3) is 0 Å². The second-order valence-corrected chi connectivity index (χ2v) is 15.2. The van der Waals surface area contributed by atoms with Crippen LogP contribution in [0.3, 0.4) is 0 Å². The number of unbranched alkanes of at least 4 members (excludes halogenated alkanes) is 4. The molecule has 0 aromatic rings. The molecule has 352 valence electrons. The van der Waals surface area contributed by atoms with Gasteiger partial charge in [-0.15, -0.1) is 0 Å². The van der Waals surface area contributed by atoms with E-state index in [4.69, 9.17) is 47.4 Å². The number of hydrogen-bond donors (Lipinski definition) is 0. The van der Waals surface area contributed by atoms with Crippen LogP contribution < -0.4 is 0 Å². The first-order chi connectivity index (χ1) is 29.6. The van der Waals surface area contributed by atoms with Gasteiger partial charge in [0.2, 0.25) is 0 Å². The molecule has 0 saturated heterocycles. The SMILES string of the molecule is CCOC(=O)CCCCCOC(=O)CCCC(=O)SCCC(=O)OCCOCCOCOCCOCCOC(=O)CCSC(=O)CCCC(=O)OCCCCCC(=O)OCC. The summed E-state index contributed by atoms with van der Waals surface area (Å²) < 4.78 is 51.4. The highest BCUT2D eigenvalue weighted by molar-refractivity contribution is 8.13. The zero-order valence-corrected chi connectivity index (χ0v) is 37.7. The van der Waals surface area contributed by atoms with Gasteiger partial charge >= 0.3 is 35.8 Å². The summed E-state index contributed by atoms with van der Waals surface area (Å²) in [6.45, 7) is 6.39. The highest BCUT2D eigenvalue weighted by Crippen LogP contribution is 2.13. The summed E-state index contributed by atoms with van der Waals surface area (Å²) in [6.07, 6.45) is 6.44. The molecule has 0 N–H and O–H groups in total. The predicted molar refractivity (Wildman–Crippen MR) is 224 cm³/mol. The van der Waals surface area contributed by atoms with Crippen molar-refractivity contribution in [1.29, 1.82) is 0 Å². The van der Waals surface area contributed by atoms with Crippen molar-refractivity contribution in [3.8, 4) is 0 Å². The fraction of sp³-hybridized carbons (Fsp3) is 0.805. The van der Waals surface area contributed by atoms with Crippen LogP contribution in [0.15, 0.2) is 0 Å². The van der Waals surface area contributed by atoms with Crippen LogP contribution >= 0.6 is 23.5 Å². The van der Waals surface area contributed by atoms with Crippen molar-refractivity contribution >= 4 is 69.6 Å². The molecular weight excluding hydrogens is 845 g/mol. The molecule has 0 heterocycles. The number of thioether (sulfide) groups is 2. The maximum absolute atomic E-state index is 12.0. The average Bonchev–Trinajstić information content (AvgIpc) is 3.22. The average molecular weight is 913 g/mol. The minimum Gasteiger partial charge on any atom is -0.466 e. The summed E-state index contributed by atoms with van der Waals surface area (Å²) >= 11 is 2.04. The fourth-order valence-electron chi connectivity index (χ4n) is 4.66. The van der Waals surface area contributed by atoms with Crippen molar-refractivity contribution in [3.05, 3.63) is 0 Å². The first-order valence-corrected chi connectivity index (χ1v) is 23.1.